The Morgan fingerprint density at radius 3 is 3.07 bits per heavy atom. The highest BCUT2D eigenvalue weighted by Crippen LogP contribution is 2.32. The highest BCUT2D eigenvalue weighted by Gasteiger charge is 2.20. The standard InChI is InChI=1S/C10H14N2O2/c1-7-11-9(13)6-10(12-7)14-5-4-8-2-3-8/h6,8H,2-5H2,1H3,(H,11,12,13). The van der Waals surface area contributed by atoms with Crippen molar-refractivity contribution in [3.63, 3.8) is 0 Å². The fourth-order valence-electron chi connectivity index (χ4n) is 1.36. The second-order valence-electron chi connectivity index (χ2n) is 3.75. The van der Waals surface area contributed by atoms with Gasteiger partial charge in [0.25, 0.3) is 5.56 Å². The van der Waals surface area contributed by atoms with E-state index in [1.807, 2.05) is 0 Å². The first-order valence-electron chi connectivity index (χ1n) is 4.95. The van der Waals surface area contributed by atoms with Crippen molar-refractivity contribution >= 4 is 0 Å². The zero-order valence-corrected chi connectivity index (χ0v) is 8.25. The molecule has 0 amide bonds. The van der Waals surface area contributed by atoms with E-state index in [0.717, 1.165) is 12.3 Å². The van der Waals surface area contributed by atoms with Crippen molar-refractivity contribution in [3.05, 3.63) is 22.2 Å². The second-order valence-corrected chi connectivity index (χ2v) is 3.75. The van der Waals surface area contributed by atoms with Gasteiger partial charge in [0.15, 0.2) is 0 Å². The topological polar surface area (TPSA) is 55.0 Å². The molecule has 0 atom stereocenters. The Morgan fingerprint density at radius 1 is 1.64 bits per heavy atom. The molecule has 2 rings (SSSR count). The molecule has 1 aromatic heterocycles. The molecule has 1 heterocycles. The van der Waals surface area contributed by atoms with Crippen LogP contribution in [0.25, 0.3) is 0 Å². The summed E-state index contributed by atoms with van der Waals surface area (Å²) in [6, 6.07) is 1.39. The summed E-state index contributed by atoms with van der Waals surface area (Å²) < 4.78 is 5.39. The molecule has 0 aromatic carbocycles. The number of hydrogen-bond acceptors (Lipinski definition) is 3. The average molecular weight is 194 g/mol. The maximum Gasteiger partial charge on any atom is 0.254 e. The van der Waals surface area contributed by atoms with Crippen molar-refractivity contribution in [2.24, 2.45) is 5.92 Å². The number of aryl methyl sites for hydroxylation is 1. The Bertz CT molecular complexity index is 369. The normalized spacial score (nSPS) is 15.5. The Kier molecular flexibility index (Phi) is 2.52. The first-order valence-corrected chi connectivity index (χ1v) is 4.95. The van der Waals surface area contributed by atoms with Crippen LogP contribution in [-0.4, -0.2) is 16.6 Å². The third-order valence-electron chi connectivity index (χ3n) is 2.31. The van der Waals surface area contributed by atoms with Crippen LogP contribution in [0.15, 0.2) is 10.9 Å². The lowest BCUT2D eigenvalue weighted by Crippen LogP contribution is -2.10. The van der Waals surface area contributed by atoms with E-state index in [2.05, 4.69) is 9.97 Å². The van der Waals surface area contributed by atoms with E-state index in [1.165, 1.54) is 18.9 Å². The van der Waals surface area contributed by atoms with Crippen LogP contribution in [0.1, 0.15) is 25.1 Å². The van der Waals surface area contributed by atoms with E-state index in [4.69, 9.17) is 4.74 Å². The predicted molar refractivity (Wildman–Crippen MR) is 52.4 cm³/mol. The summed E-state index contributed by atoms with van der Waals surface area (Å²) in [4.78, 5) is 17.7. The fraction of sp³-hybridized carbons (Fsp3) is 0.600. The lowest BCUT2D eigenvalue weighted by molar-refractivity contribution is 0.289. The van der Waals surface area contributed by atoms with Gasteiger partial charge in [0.1, 0.15) is 5.82 Å². The molecule has 1 fully saturated rings. The largest absolute Gasteiger partial charge is 0.477 e. The van der Waals surface area contributed by atoms with Crippen LogP contribution in [-0.2, 0) is 0 Å². The number of nitrogens with zero attached hydrogens (tertiary/aromatic N) is 1. The Labute approximate surface area is 82.3 Å². The first kappa shape index (κ1) is 9.24. The summed E-state index contributed by atoms with van der Waals surface area (Å²) in [5.74, 6) is 1.88. The predicted octanol–water partition coefficient (Wildman–Crippen LogP) is 1.26. The molecule has 0 saturated heterocycles. The van der Waals surface area contributed by atoms with Crippen molar-refractivity contribution in [1.82, 2.24) is 9.97 Å². The van der Waals surface area contributed by atoms with Crippen molar-refractivity contribution in [3.8, 4) is 5.88 Å². The molecule has 0 bridgehead atoms. The Morgan fingerprint density at radius 2 is 2.43 bits per heavy atom. The number of aromatic amines is 1. The third kappa shape index (κ3) is 2.58. The van der Waals surface area contributed by atoms with Crippen molar-refractivity contribution in [2.45, 2.75) is 26.2 Å². The minimum atomic E-state index is -0.154. The quantitative estimate of drug-likeness (QED) is 0.785. The molecule has 14 heavy (non-hydrogen) atoms. The van der Waals surface area contributed by atoms with Crippen molar-refractivity contribution in [2.75, 3.05) is 6.61 Å². The van der Waals surface area contributed by atoms with Crippen LogP contribution in [0.3, 0.4) is 0 Å². The second kappa shape index (κ2) is 3.82. The molecule has 1 saturated carbocycles. The lowest BCUT2D eigenvalue weighted by atomic mass is 10.3. The summed E-state index contributed by atoms with van der Waals surface area (Å²) in [5, 5.41) is 0. The van der Waals surface area contributed by atoms with E-state index in [-0.39, 0.29) is 5.56 Å². The molecule has 0 radical (unpaired) electrons. The van der Waals surface area contributed by atoms with Gasteiger partial charge in [0.05, 0.1) is 12.7 Å². The molecule has 0 aliphatic heterocycles. The number of hydrogen-bond donors (Lipinski definition) is 1. The van der Waals surface area contributed by atoms with Gasteiger partial charge in [-0.25, -0.2) is 4.98 Å². The molecule has 1 aliphatic carbocycles. The van der Waals surface area contributed by atoms with Crippen LogP contribution >= 0.6 is 0 Å². The van der Waals surface area contributed by atoms with Crippen LogP contribution in [0.4, 0.5) is 0 Å². The van der Waals surface area contributed by atoms with Crippen LogP contribution in [0.5, 0.6) is 5.88 Å². The number of ether oxygens (including phenoxy) is 1. The smallest absolute Gasteiger partial charge is 0.254 e. The summed E-state index contributed by atoms with van der Waals surface area (Å²) in [5.41, 5.74) is -0.154. The Balaban J connectivity index is 1.90. The maximum absolute atomic E-state index is 11.0. The maximum atomic E-state index is 11.0. The van der Waals surface area contributed by atoms with Gasteiger partial charge in [-0.2, -0.15) is 0 Å². The third-order valence-corrected chi connectivity index (χ3v) is 2.31. The molecule has 76 valence electrons. The Hall–Kier alpha value is -1.32. The van der Waals surface area contributed by atoms with E-state index < -0.39 is 0 Å². The number of rotatable bonds is 4. The molecule has 0 spiro atoms. The van der Waals surface area contributed by atoms with Crippen molar-refractivity contribution < 1.29 is 4.74 Å². The number of aromatic nitrogens is 2. The van der Waals surface area contributed by atoms with Crippen LogP contribution < -0.4 is 10.3 Å². The lowest BCUT2D eigenvalue weighted by Gasteiger charge is -2.03. The van der Waals surface area contributed by atoms with E-state index in [1.54, 1.807) is 6.92 Å². The van der Waals surface area contributed by atoms with Gasteiger partial charge in [0.2, 0.25) is 5.88 Å². The molecular weight excluding hydrogens is 180 g/mol. The van der Waals surface area contributed by atoms with Gasteiger partial charge in [-0.3, -0.25) is 4.79 Å². The molecule has 1 aromatic rings. The highest BCUT2D eigenvalue weighted by atomic mass is 16.5. The van der Waals surface area contributed by atoms with Crippen LogP contribution in [0.2, 0.25) is 0 Å². The average Bonchev–Trinajstić information content (AvgIpc) is 2.86. The monoisotopic (exact) mass is 194 g/mol. The zero-order chi connectivity index (χ0) is 9.97. The minimum absolute atomic E-state index is 0.154. The fourth-order valence-corrected chi connectivity index (χ4v) is 1.36. The molecule has 1 aliphatic rings. The summed E-state index contributed by atoms with van der Waals surface area (Å²) in [7, 11) is 0. The molecule has 0 unspecified atom stereocenters. The zero-order valence-electron chi connectivity index (χ0n) is 8.25. The van der Waals surface area contributed by atoms with Crippen molar-refractivity contribution in [1.29, 1.82) is 0 Å². The number of H-pyrrole nitrogens is 1. The van der Waals surface area contributed by atoms with Gasteiger partial charge in [0, 0.05) is 0 Å². The van der Waals surface area contributed by atoms with Crippen LogP contribution in [0, 0.1) is 12.8 Å². The molecule has 4 heteroatoms. The summed E-state index contributed by atoms with van der Waals surface area (Å²) in [6.45, 7) is 2.41. The minimum Gasteiger partial charge on any atom is -0.477 e. The van der Waals surface area contributed by atoms with Gasteiger partial charge in [-0.15, -0.1) is 0 Å². The molecular formula is C10H14N2O2. The van der Waals surface area contributed by atoms with E-state index >= 15 is 0 Å². The van der Waals surface area contributed by atoms with Gasteiger partial charge in [-0.1, -0.05) is 12.8 Å². The van der Waals surface area contributed by atoms with E-state index in [9.17, 15) is 4.79 Å². The van der Waals surface area contributed by atoms with Gasteiger partial charge < -0.3 is 9.72 Å². The molecule has 1 N–H and O–H groups in total. The SMILES string of the molecule is Cc1nc(OCCC2CC2)cc(=O)[nH]1. The van der Waals surface area contributed by atoms with Gasteiger partial charge >= 0.3 is 0 Å². The number of nitrogens with one attached hydrogen (secondary N) is 1. The summed E-state index contributed by atoms with van der Waals surface area (Å²) >= 11 is 0. The van der Waals surface area contributed by atoms with Gasteiger partial charge in [-0.05, 0) is 19.3 Å². The molecule has 4 nitrogen and oxygen atoms in total. The van der Waals surface area contributed by atoms with E-state index in [0.29, 0.717) is 18.3 Å². The first-order chi connectivity index (χ1) is 6.74. The summed E-state index contributed by atoms with van der Waals surface area (Å²) in [6.07, 6.45) is 3.73. The highest BCUT2D eigenvalue weighted by molar-refractivity contribution is 5.07.